The molecule has 0 aromatic heterocycles. The number of hydrogen-bond donors (Lipinski definition) is 1. The zero-order chi connectivity index (χ0) is 20.5. The lowest BCUT2D eigenvalue weighted by Crippen LogP contribution is -2.54. The number of hydrogen-bond acceptors (Lipinski definition) is 3. The number of carbonyl (C=O) groups is 3. The number of aryl methyl sites for hydroxylation is 1. The normalized spacial score (nSPS) is 16.5. The average Bonchev–Trinajstić information content (AvgIpc) is 2.65. The topological polar surface area (TPSA) is 66.5 Å². The van der Waals surface area contributed by atoms with Crippen LogP contribution in [-0.4, -0.2) is 17.8 Å². The molecule has 2 aromatic rings. The Labute approximate surface area is 165 Å². The molecule has 28 heavy (non-hydrogen) atoms. The van der Waals surface area contributed by atoms with E-state index in [1.165, 1.54) is 6.08 Å². The van der Waals surface area contributed by atoms with Gasteiger partial charge in [0, 0.05) is 0 Å². The van der Waals surface area contributed by atoms with Crippen molar-refractivity contribution >= 4 is 29.6 Å². The third kappa shape index (κ3) is 3.88. The van der Waals surface area contributed by atoms with Gasteiger partial charge in [0.1, 0.15) is 5.57 Å². The molecule has 0 unspecified atom stereocenters. The third-order valence-electron chi connectivity index (χ3n) is 4.79. The third-order valence-corrected chi connectivity index (χ3v) is 4.79. The van der Waals surface area contributed by atoms with Crippen molar-refractivity contribution < 1.29 is 14.4 Å². The standard InChI is InChI=1S/C23H24N2O3/c1-5-15-8-12-18(13-9-15)25-21(27)19(20(26)24-22(25)28)14-16-6-10-17(11-7-16)23(2,3)4/h6-14H,5H2,1-4H3,(H,24,26,28). The van der Waals surface area contributed by atoms with Crippen LogP contribution < -0.4 is 10.2 Å². The first-order valence-corrected chi connectivity index (χ1v) is 9.31. The summed E-state index contributed by atoms with van der Waals surface area (Å²) in [6.07, 6.45) is 2.37. The van der Waals surface area contributed by atoms with Crippen LogP contribution in [0.5, 0.6) is 0 Å². The molecule has 1 aliphatic heterocycles. The van der Waals surface area contributed by atoms with Crippen molar-refractivity contribution in [3.05, 3.63) is 70.8 Å². The summed E-state index contributed by atoms with van der Waals surface area (Å²) in [5.41, 5.74) is 3.35. The van der Waals surface area contributed by atoms with Gasteiger partial charge in [-0.05, 0) is 46.7 Å². The number of nitrogens with zero attached hydrogens (tertiary/aromatic N) is 1. The fourth-order valence-corrected chi connectivity index (χ4v) is 3.02. The molecule has 5 nitrogen and oxygen atoms in total. The van der Waals surface area contributed by atoms with Crippen LogP contribution in [0.3, 0.4) is 0 Å². The second-order valence-electron chi connectivity index (χ2n) is 7.85. The summed E-state index contributed by atoms with van der Waals surface area (Å²) in [5.74, 6) is -1.31. The van der Waals surface area contributed by atoms with E-state index in [2.05, 4.69) is 26.1 Å². The maximum Gasteiger partial charge on any atom is 0.335 e. The monoisotopic (exact) mass is 376 g/mol. The SMILES string of the molecule is CCc1ccc(N2C(=O)NC(=O)C(=Cc3ccc(C(C)(C)C)cc3)C2=O)cc1. The van der Waals surface area contributed by atoms with Gasteiger partial charge < -0.3 is 0 Å². The van der Waals surface area contributed by atoms with Gasteiger partial charge in [-0.2, -0.15) is 0 Å². The van der Waals surface area contributed by atoms with E-state index in [4.69, 9.17) is 0 Å². The maximum absolute atomic E-state index is 12.9. The molecule has 1 aliphatic rings. The molecule has 1 fully saturated rings. The number of amides is 4. The number of barbiturate groups is 1. The quantitative estimate of drug-likeness (QED) is 0.644. The van der Waals surface area contributed by atoms with E-state index in [0.29, 0.717) is 5.69 Å². The predicted octanol–water partition coefficient (Wildman–Crippen LogP) is 4.21. The molecule has 3 rings (SSSR count). The predicted molar refractivity (Wildman–Crippen MR) is 110 cm³/mol. The molecule has 4 amide bonds. The highest BCUT2D eigenvalue weighted by molar-refractivity contribution is 6.39. The summed E-state index contributed by atoms with van der Waals surface area (Å²) in [4.78, 5) is 38.4. The first kappa shape index (κ1) is 19.5. The molecule has 0 atom stereocenters. The van der Waals surface area contributed by atoms with Crippen molar-refractivity contribution in [3.8, 4) is 0 Å². The molecule has 1 heterocycles. The number of benzene rings is 2. The van der Waals surface area contributed by atoms with Gasteiger partial charge in [0.05, 0.1) is 5.69 Å². The highest BCUT2D eigenvalue weighted by Crippen LogP contribution is 2.25. The van der Waals surface area contributed by atoms with Crippen molar-refractivity contribution in [2.24, 2.45) is 0 Å². The van der Waals surface area contributed by atoms with E-state index in [1.54, 1.807) is 12.1 Å². The molecule has 0 spiro atoms. The van der Waals surface area contributed by atoms with Crippen LogP contribution in [0.2, 0.25) is 0 Å². The van der Waals surface area contributed by atoms with Gasteiger partial charge in [-0.25, -0.2) is 9.69 Å². The Bertz CT molecular complexity index is 949. The number of nitrogens with one attached hydrogen (secondary N) is 1. The summed E-state index contributed by atoms with van der Waals surface area (Å²) in [7, 11) is 0. The fourth-order valence-electron chi connectivity index (χ4n) is 3.02. The second-order valence-corrected chi connectivity index (χ2v) is 7.85. The maximum atomic E-state index is 12.9. The van der Waals surface area contributed by atoms with E-state index in [9.17, 15) is 14.4 Å². The molecule has 0 aliphatic carbocycles. The van der Waals surface area contributed by atoms with Gasteiger partial charge in [-0.1, -0.05) is 64.1 Å². The molecule has 1 N–H and O–H groups in total. The van der Waals surface area contributed by atoms with Crippen LogP contribution in [0.25, 0.3) is 6.08 Å². The lowest BCUT2D eigenvalue weighted by Gasteiger charge is -2.26. The van der Waals surface area contributed by atoms with Crippen molar-refractivity contribution in [1.82, 2.24) is 5.32 Å². The summed E-state index contributed by atoms with van der Waals surface area (Å²) in [5, 5.41) is 2.25. The Morgan fingerprint density at radius 3 is 2.07 bits per heavy atom. The van der Waals surface area contributed by atoms with Crippen LogP contribution in [0.15, 0.2) is 54.1 Å². The van der Waals surface area contributed by atoms with Crippen LogP contribution in [0.1, 0.15) is 44.4 Å². The molecule has 1 saturated heterocycles. The summed E-state index contributed by atoms with van der Waals surface area (Å²) < 4.78 is 0. The van der Waals surface area contributed by atoms with Gasteiger partial charge in [0.25, 0.3) is 11.8 Å². The smallest absolute Gasteiger partial charge is 0.273 e. The summed E-state index contributed by atoms with van der Waals surface area (Å²) in [6.45, 7) is 8.38. The first-order valence-electron chi connectivity index (χ1n) is 9.31. The zero-order valence-electron chi connectivity index (χ0n) is 16.6. The zero-order valence-corrected chi connectivity index (χ0v) is 16.6. The van der Waals surface area contributed by atoms with Gasteiger partial charge in [-0.15, -0.1) is 0 Å². The molecule has 0 radical (unpaired) electrons. The molecular formula is C23H24N2O3. The number of anilines is 1. The van der Waals surface area contributed by atoms with E-state index in [1.807, 2.05) is 43.3 Å². The van der Waals surface area contributed by atoms with E-state index < -0.39 is 17.8 Å². The highest BCUT2D eigenvalue weighted by atomic mass is 16.2. The highest BCUT2D eigenvalue weighted by Gasteiger charge is 2.36. The molecule has 0 bridgehead atoms. The summed E-state index contributed by atoms with van der Waals surface area (Å²) >= 11 is 0. The van der Waals surface area contributed by atoms with Gasteiger partial charge in [0.15, 0.2) is 0 Å². The Morgan fingerprint density at radius 1 is 0.929 bits per heavy atom. The number of rotatable bonds is 3. The van der Waals surface area contributed by atoms with E-state index in [-0.39, 0.29) is 11.0 Å². The Hall–Kier alpha value is -3.21. The Morgan fingerprint density at radius 2 is 1.54 bits per heavy atom. The number of urea groups is 1. The molecule has 2 aromatic carbocycles. The van der Waals surface area contributed by atoms with E-state index in [0.717, 1.165) is 28.0 Å². The molecule has 144 valence electrons. The number of imide groups is 2. The molecule has 5 heteroatoms. The molecule has 0 saturated carbocycles. The van der Waals surface area contributed by atoms with Crippen molar-refractivity contribution in [2.75, 3.05) is 4.90 Å². The van der Waals surface area contributed by atoms with Crippen molar-refractivity contribution in [1.29, 1.82) is 0 Å². The lowest BCUT2D eigenvalue weighted by molar-refractivity contribution is -0.122. The largest absolute Gasteiger partial charge is 0.335 e. The average molecular weight is 376 g/mol. The number of carbonyl (C=O) groups excluding carboxylic acids is 3. The second kappa shape index (κ2) is 7.43. The van der Waals surface area contributed by atoms with Gasteiger partial charge in [0.2, 0.25) is 0 Å². The van der Waals surface area contributed by atoms with Crippen LogP contribution in [0.4, 0.5) is 10.5 Å². The van der Waals surface area contributed by atoms with Crippen molar-refractivity contribution in [3.63, 3.8) is 0 Å². The first-order chi connectivity index (χ1) is 13.2. The fraction of sp³-hybridized carbons (Fsp3) is 0.261. The van der Waals surface area contributed by atoms with Crippen LogP contribution in [-0.2, 0) is 21.4 Å². The minimum absolute atomic E-state index is 0.0115. The Balaban J connectivity index is 1.94. The summed E-state index contributed by atoms with van der Waals surface area (Å²) in [6, 6.07) is 14.1. The van der Waals surface area contributed by atoms with Crippen molar-refractivity contribution in [2.45, 2.75) is 39.5 Å². The Kier molecular flexibility index (Phi) is 5.18. The van der Waals surface area contributed by atoms with Crippen LogP contribution >= 0.6 is 0 Å². The molecular weight excluding hydrogens is 352 g/mol. The van der Waals surface area contributed by atoms with Gasteiger partial charge in [-0.3, -0.25) is 14.9 Å². The van der Waals surface area contributed by atoms with Crippen LogP contribution in [0, 0.1) is 0 Å². The minimum Gasteiger partial charge on any atom is -0.273 e. The van der Waals surface area contributed by atoms with E-state index >= 15 is 0 Å². The minimum atomic E-state index is -0.737. The lowest BCUT2D eigenvalue weighted by atomic mass is 9.86. The van der Waals surface area contributed by atoms with Gasteiger partial charge >= 0.3 is 6.03 Å².